The van der Waals surface area contributed by atoms with E-state index in [1.54, 1.807) is 4.68 Å². The first-order valence-corrected chi connectivity index (χ1v) is 8.56. The molecule has 0 bridgehead atoms. The molecule has 0 saturated heterocycles. The molecule has 5 heteroatoms. The van der Waals surface area contributed by atoms with E-state index >= 15 is 0 Å². The number of hydrogen-bond donors (Lipinski definition) is 1. The predicted molar refractivity (Wildman–Crippen MR) is 91.3 cm³/mol. The van der Waals surface area contributed by atoms with E-state index in [2.05, 4.69) is 31.2 Å². The molecule has 1 aliphatic heterocycles. The number of aryl methyl sites for hydroxylation is 1. The van der Waals surface area contributed by atoms with Gasteiger partial charge in [-0.25, -0.2) is 0 Å². The highest BCUT2D eigenvalue weighted by molar-refractivity contribution is 7.98. The van der Waals surface area contributed by atoms with Crippen LogP contribution >= 0.6 is 11.8 Å². The Morgan fingerprint density at radius 1 is 1.23 bits per heavy atom. The number of nitrogens with zero attached hydrogens (tertiary/aromatic N) is 2. The molecule has 22 heavy (non-hydrogen) atoms. The van der Waals surface area contributed by atoms with Gasteiger partial charge < -0.3 is 5.32 Å². The molecule has 4 nitrogen and oxygen atoms in total. The Morgan fingerprint density at radius 3 is 2.55 bits per heavy atom. The van der Waals surface area contributed by atoms with Gasteiger partial charge in [-0.1, -0.05) is 32.9 Å². The van der Waals surface area contributed by atoms with Crippen molar-refractivity contribution in [2.75, 3.05) is 5.32 Å². The summed E-state index contributed by atoms with van der Waals surface area (Å²) in [6.45, 7) is 6.50. The second kappa shape index (κ2) is 5.47. The number of carbonyl (C=O) groups is 1. The first-order chi connectivity index (χ1) is 10.4. The topological polar surface area (TPSA) is 46.9 Å². The molecule has 1 amide bonds. The third kappa shape index (κ3) is 2.77. The van der Waals surface area contributed by atoms with Crippen molar-refractivity contribution in [2.45, 2.75) is 37.7 Å². The lowest BCUT2D eigenvalue weighted by atomic mass is 9.87. The molecule has 2 heterocycles. The van der Waals surface area contributed by atoms with Gasteiger partial charge in [-0.05, 0) is 23.1 Å². The first-order valence-electron chi connectivity index (χ1n) is 7.40. The summed E-state index contributed by atoms with van der Waals surface area (Å²) in [5.41, 5.74) is 4.24. The largest absolute Gasteiger partial charge is 0.307 e. The number of nitrogens with one attached hydrogen (secondary N) is 1. The van der Waals surface area contributed by atoms with Crippen molar-refractivity contribution in [3.8, 4) is 0 Å². The molecule has 1 N–H and O–H groups in total. The highest BCUT2D eigenvalue weighted by Gasteiger charge is 2.23. The summed E-state index contributed by atoms with van der Waals surface area (Å²) < 4.78 is 1.77. The molecular weight excluding hydrogens is 294 g/mol. The van der Waals surface area contributed by atoms with Crippen LogP contribution in [-0.2, 0) is 24.0 Å². The molecule has 3 rings (SSSR count). The lowest BCUT2D eigenvalue weighted by molar-refractivity contribution is 0.102. The molecule has 0 fully saturated rings. The first kappa shape index (κ1) is 15.2. The van der Waals surface area contributed by atoms with Crippen molar-refractivity contribution >= 4 is 23.5 Å². The number of aromatic nitrogens is 2. The minimum atomic E-state index is -0.0804. The zero-order chi connectivity index (χ0) is 15.9. The van der Waals surface area contributed by atoms with Gasteiger partial charge in [0.15, 0.2) is 0 Å². The number of hydrogen-bond acceptors (Lipinski definition) is 3. The Hall–Kier alpha value is -1.75. The van der Waals surface area contributed by atoms with Crippen molar-refractivity contribution in [2.24, 2.45) is 7.05 Å². The molecule has 116 valence electrons. The van der Waals surface area contributed by atoms with E-state index in [1.807, 2.05) is 43.1 Å². The minimum absolute atomic E-state index is 0.0804. The monoisotopic (exact) mass is 315 g/mol. The maximum absolute atomic E-state index is 12.5. The highest BCUT2D eigenvalue weighted by Crippen LogP contribution is 2.34. The van der Waals surface area contributed by atoms with Crippen LogP contribution in [0.25, 0.3) is 0 Å². The number of amides is 1. The van der Waals surface area contributed by atoms with E-state index < -0.39 is 0 Å². The second-order valence-electron chi connectivity index (χ2n) is 6.67. The van der Waals surface area contributed by atoms with Gasteiger partial charge in [-0.3, -0.25) is 9.48 Å². The molecule has 1 aromatic heterocycles. The van der Waals surface area contributed by atoms with Crippen LogP contribution in [0.4, 0.5) is 5.82 Å². The van der Waals surface area contributed by atoms with Crippen LogP contribution in [0.3, 0.4) is 0 Å². The van der Waals surface area contributed by atoms with Crippen LogP contribution in [0.15, 0.2) is 24.3 Å². The third-order valence-electron chi connectivity index (χ3n) is 3.96. The highest BCUT2D eigenvalue weighted by atomic mass is 32.2. The fraction of sp³-hybridized carbons (Fsp3) is 0.412. The Labute approximate surface area is 135 Å². The average molecular weight is 315 g/mol. The Balaban J connectivity index is 1.81. The number of fused-ring (bicyclic) bond motifs is 1. The number of rotatable bonds is 2. The molecule has 1 aromatic carbocycles. The number of thioether (sulfide) groups is 1. The fourth-order valence-corrected chi connectivity index (χ4v) is 3.63. The van der Waals surface area contributed by atoms with Crippen LogP contribution in [-0.4, -0.2) is 15.7 Å². The summed E-state index contributed by atoms with van der Waals surface area (Å²) in [6.07, 6.45) is 0. The van der Waals surface area contributed by atoms with Crippen molar-refractivity contribution in [3.05, 3.63) is 46.6 Å². The summed E-state index contributed by atoms with van der Waals surface area (Å²) >= 11 is 1.83. The van der Waals surface area contributed by atoms with Gasteiger partial charge in [-0.15, -0.1) is 0 Å². The molecule has 0 saturated carbocycles. The van der Waals surface area contributed by atoms with E-state index in [1.165, 1.54) is 5.56 Å². The zero-order valence-corrected chi connectivity index (χ0v) is 14.3. The van der Waals surface area contributed by atoms with E-state index in [-0.39, 0.29) is 11.3 Å². The number of carbonyl (C=O) groups excluding carboxylic acids is 1. The third-order valence-corrected chi connectivity index (χ3v) is 4.93. The van der Waals surface area contributed by atoms with Gasteiger partial charge >= 0.3 is 0 Å². The molecule has 0 unspecified atom stereocenters. The Morgan fingerprint density at radius 2 is 1.91 bits per heavy atom. The number of anilines is 1. The van der Waals surface area contributed by atoms with E-state index in [0.29, 0.717) is 5.56 Å². The Kier molecular flexibility index (Phi) is 3.77. The van der Waals surface area contributed by atoms with E-state index in [4.69, 9.17) is 0 Å². The van der Waals surface area contributed by atoms with Crippen LogP contribution in [0.2, 0.25) is 0 Å². The molecule has 0 radical (unpaired) electrons. The van der Waals surface area contributed by atoms with Crippen molar-refractivity contribution in [1.82, 2.24) is 9.78 Å². The summed E-state index contributed by atoms with van der Waals surface area (Å²) in [5, 5.41) is 7.48. The lowest BCUT2D eigenvalue weighted by Gasteiger charge is -2.19. The maximum Gasteiger partial charge on any atom is 0.256 e. The van der Waals surface area contributed by atoms with Crippen LogP contribution in [0.5, 0.6) is 0 Å². The van der Waals surface area contributed by atoms with Gasteiger partial charge in [0.25, 0.3) is 5.91 Å². The van der Waals surface area contributed by atoms with Crippen molar-refractivity contribution in [1.29, 1.82) is 0 Å². The Bertz CT molecular complexity index is 711. The molecule has 1 aliphatic rings. The smallest absolute Gasteiger partial charge is 0.256 e. The summed E-state index contributed by atoms with van der Waals surface area (Å²) in [5.74, 6) is 2.59. The maximum atomic E-state index is 12.5. The summed E-state index contributed by atoms with van der Waals surface area (Å²) in [6, 6.07) is 7.83. The SMILES string of the molecule is Cn1nc2c(c1NC(=O)c1ccc(C(C)(C)C)cc1)CSC2. The summed E-state index contributed by atoms with van der Waals surface area (Å²) in [4.78, 5) is 12.5. The fourth-order valence-electron chi connectivity index (χ4n) is 2.60. The molecular formula is C17H21N3OS. The quantitative estimate of drug-likeness (QED) is 0.919. The molecule has 0 atom stereocenters. The van der Waals surface area contributed by atoms with Gasteiger partial charge in [0.2, 0.25) is 0 Å². The van der Waals surface area contributed by atoms with Crippen LogP contribution in [0, 0.1) is 0 Å². The molecule has 0 aliphatic carbocycles. The predicted octanol–water partition coefficient (Wildman–Crippen LogP) is 3.72. The van der Waals surface area contributed by atoms with Crippen molar-refractivity contribution in [3.63, 3.8) is 0 Å². The standard InChI is InChI=1S/C17H21N3OS/c1-17(2,3)12-7-5-11(6-8-12)16(21)18-15-13-9-22-10-14(13)19-20(15)4/h5-8H,9-10H2,1-4H3,(H,18,21). The van der Waals surface area contributed by atoms with Gasteiger partial charge in [-0.2, -0.15) is 16.9 Å². The second-order valence-corrected chi connectivity index (χ2v) is 7.66. The van der Waals surface area contributed by atoms with E-state index in [0.717, 1.165) is 28.6 Å². The van der Waals surface area contributed by atoms with Crippen LogP contribution in [0.1, 0.15) is 48.0 Å². The number of benzene rings is 1. The van der Waals surface area contributed by atoms with E-state index in [9.17, 15) is 4.79 Å². The van der Waals surface area contributed by atoms with Crippen molar-refractivity contribution < 1.29 is 4.79 Å². The zero-order valence-electron chi connectivity index (χ0n) is 13.4. The summed E-state index contributed by atoms with van der Waals surface area (Å²) in [7, 11) is 1.88. The average Bonchev–Trinajstić information content (AvgIpc) is 3.01. The van der Waals surface area contributed by atoms with Gasteiger partial charge in [0.05, 0.1) is 5.69 Å². The van der Waals surface area contributed by atoms with Gasteiger partial charge in [0.1, 0.15) is 5.82 Å². The normalized spacial score (nSPS) is 14.0. The molecule has 0 spiro atoms. The van der Waals surface area contributed by atoms with Gasteiger partial charge in [0, 0.05) is 29.7 Å². The molecule has 2 aromatic rings. The minimum Gasteiger partial charge on any atom is -0.307 e. The lowest BCUT2D eigenvalue weighted by Crippen LogP contribution is -2.16. The van der Waals surface area contributed by atoms with Crippen LogP contribution < -0.4 is 5.32 Å².